The number of aromatic nitrogens is 9. The maximum atomic E-state index is 4.46. The molecule has 7 aromatic carbocycles. The van der Waals surface area contributed by atoms with Crippen LogP contribution in [0, 0.1) is 39.0 Å². The Balaban J connectivity index is 0.00000562. The van der Waals surface area contributed by atoms with E-state index < -0.39 is 0 Å². The number of benzene rings is 7. The molecule has 0 bridgehead atoms. The van der Waals surface area contributed by atoms with Crippen LogP contribution in [-0.4, -0.2) is 34.6 Å². The van der Waals surface area contributed by atoms with Crippen LogP contribution >= 0.6 is 0 Å². The van der Waals surface area contributed by atoms with Gasteiger partial charge in [0, 0.05) is 37.2 Å². The molecule has 0 N–H and O–H groups in total. The smallest absolute Gasteiger partial charge is 0.114 e. The van der Waals surface area contributed by atoms with Crippen LogP contribution < -0.4 is 9.67 Å². The Kier molecular flexibility index (Phi) is 13.6. The van der Waals surface area contributed by atoms with Gasteiger partial charge in [-0.2, -0.15) is 15.3 Å². The summed E-state index contributed by atoms with van der Waals surface area (Å²) in [5, 5.41) is 26.1. The molecule has 9 nitrogen and oxygen atoms in total. The summed E-state index contributed by atoms with van der Waals surface area (Å²) in [7, 11) is 0. The second kappa shape index (κ2) is 20.4. The minimum atomic E-state index is 0. The summed E-state index contributed by atoms with van der Waals surface area (Å²) in [5.41, 5.74) is 17.1. The summed E-state index contributed by atoms with van der Waals surface area (Å²) >= 11 is 0. The van der Waals surface area contributed by atoms with Gasteiger partial charge in [-0.1, -0.05) is 92.1 Å². The standard InChI is InChI=1S/C57H48N9.Ir/c1-40-10-4-7-13-52(40)64-37-58-61-55(64)49-28-22-43(23-29-49)16-19-46-34-47(20-17-44-24-30-50(31-25-44)56-62-59-38-65(56)53-14-8-5-11-41(53)2)36-48(35-46)21-18-45-26-32-51(33-27-45)57-63-60-39-66(57)54-15-9-6-12-42(54)3;/h4-15,22-28,30,32,34-39H,16-21H2,1-3H3;/q-3;. The number of rotatable bonds is 15. The molecule has 0 spiro atoms. The van der Waals surface area contributed by atoms with E-state index in [4.69, 9.17) is 0 Å². The van der Waals surface area contributed by atoms with Crippen LogP contribution in [0.3, 0.4) is 0 Å². The number of hydrogen-bond acceptors (Lipinski definition) is 5. The average molecular weight is 1050 g/mol. The molecule has 67 heavy (non-hydrogen) atoms. The van der Waals surface area contributed by atoms with Crippen LogP contribution in [0.1, 0.15) is 50.1 Å². The van der Waals surface area contributed by atoms with E-state index in [2.05, 4.69) is 179 Å². The summed E-state index contributed by atoms with van der Waals surface area (Å²) < 4.78 is 6.10. The van der Waals surface area contributed by atoms with Crippen molar-refractivity contribution < 1.29 is 24.7 Å². The van der Waals surface area contributed by atoms with Gasteiger partial charge in [0.25, 0.3) is 0 Å². The minimum Gasteiger partial charge on any atom is -0.322 e. The zero-order chi connectivity index (χ0) is 44.8. The van der Waals surface area contributed by atoms with Crippen LogP contribution in [0.4, 0.5) is 0 Å². The third kappa shape index (κ3) is 10.1. The first-order valence-corrected chi connectivity index (χ1v) is 22.5. The van der Waals surface area contributed by atoms with Crippen molar-refractivity contribution in [1.82, 2.24) is 39.7 Å². The number of para-hydroxylation sites is 3. The SMILES string of the molecule is Cc1ccccc1-n1cnnc1-c1[c-]cc(CCc2cc(CCc3c[c-]c(-c4nncn4-c4ccccc4C)cc3)cc(CCc3c[c-]c(-c4[n-]nc[n+]4-c4ccccc4C)cc3)c2)cc1.[Ir]. The quantitative estimate of drug-likeness (QED) is 0.0751. The van der Waals surface area contributed by atoms with Crippen molar-refractivity contribution in [2.45, 2.75) is 59.3 Å². The molecule has 10 aromatic rings. The molecule has 0 atom stereocenters. The molecule has 0 amide bonds. The fourth-order valence-electron chi connectivity index (χ4n) is 8.68. The second-order valence-electron chi connectivity index (χ2n) is 16.9. The Hall–Kier alpha value is -7.39. The van der Waals surface area contributed by atoms with E-state index in [0.29, 0.717) is 0 Å². The van der Waals surface area contributed by atoms with Gasteiger partial charge < -0.3 is 13.7 Å². The topological polar surface area (TPSA) is 92.3 Å². The van der Waals surface area contributed by atoms with E-state index in [1.807, 2.05) is 50.1 Å². The Bertz CT molecular complexity index is 2880. The molecule has 0 unspecified atom stereocenters. The third-order valence-corrected chi connectivity index (χ3v) is 12.3. The van der Waals surface area contributed by atoms with Crippen molar-refractivity contribution in [3.05, 3.63) is 233 Å². The van der Waals surface area contributed by atoms with Gasteiger partial charge in [0.05, 0.1) is 17.5 Å². The number of aryl methyl sites for hydroxylation is 9. The molecule has 3 aromatic heterocycles. The first kappa shape index (κ1) is 44.8. The van der Waals surface area contributed by atoms with Crippen molar-refractivity contribution in [3.8, 4) is 51.2 Å². The van der Waals surface area contributed by atoms with Crippen LogP contribution in [0.15, 0.2) is 165 Å². The van der Waals surface area contributed by atoms with Gasteiger partial charge in [-0.3, -0.25) is 0 Å². The zero-order valence-corrected chi connectivity index (χ0v) is 40.1. The molecular formula is C57H48IrN9-3. The monoisotopic (exact) mass is 1050 g/mol. The van der Waals surface area contributed by atoms with E-state index in [9.17, 15) is 0 Å². The summed E-state index contributed by atoms with van der Waals surface area (Å²) in [6, 6.07) is 61.8. The largest absolute Gasteiger partial charge is 0.322 e. The molecule has 0 aliphatic heterocycles. The molecular weight excluding hydrogens is 1000 g/mol. The molecule has 0 aliphatic rings. The van der Waals surface area contributed by atoms with E-state index >= 15 is 0 Å². The molecule has 10 heteroatoms. The third-order valence-electron chi connectivity index (χ3n) is 12.3. The van der Waals surface area contributed by atoms with Gasteiger partial charge in [-0.05, 0) is 91.6 Å². The van der Waals surface area contributed by atoms with Gasteiger partial charge in [-0.15, -0.1) is 121 Å². The summed E-state index contributed by atoms with van der Waals surface area (Å²) in [6.07, 6.45) is 10.8. The Morgan fingerprint density at radius 1 is 0.478 bits per heavy atom. The first-order chi connectivity index (χ1) is 32.4. The van der Waals surface area contributed by atoms with Crippen molar-refractivity contribution in [2.75, 3.05) is 0 Å². The van der Waals surface area contributed by atoms with E-state index in [1.54, 1.807) is 19.0 Å². The molecule has 333 valence electrons. The molecule has 0 saturated carbocycles. The average Bonchev–Trinajstić information content (AvgIpc) is 4.16. The van der Waals surface area contributed by atoms with Crippen LogP contribution in [0.5, 0.6) is 0 Å². The Morgan fingerprint density at radius 2 is 0.896 bits per heavy atom. The van der Waals surface area contributed by atoms with Crippen LogP contribution in [-0.2, 0) is 58.6 Å². The van der Waals surface area contributed by atoms with Crippen LogP contribution in [0.2, 0.25) is 0 Å². The fourth-order valence-corrected chi connectivity index (χ4v) is 8.68. The molecule has 1 radical (unpaired) electrons. The van der Waals surface area contributed by atoms with Gasteiger partial charge in [0.1, 0.15) is 19.0 Å². The van der Waals surface area contributed by atoms with Crippen molar-refractivity contribution in [3.63, 3.8) is 0 Å². The van der Waals surface area contributed by atoms with E-state index in [1.165, 1.54) is 33.4 Å². The number of hydrogen-bond donors (Lipinski definition) is 0. The Labute approximate surface area is 405 Å². The van der Waals surface area contributed by atoms with Crippen molar-refractivity contribution >= 4 is 0 Å². The maximum Gasteiger partial charge on any atom is 0.114 e. The summed E-state index contributed by atoms with van der Waals surface area (Å²) in [4.78, 5) is 0. The summed E-state index contributed by atoms with van der Waals surface area (Å²) in [6.45, 7) is 6.31. The van der Waals surface area contributed by atoms with Gasteiger partial charge >= 0.3 is 0 Å². The first-order valence-electron chi connectivity index (χ1n) is 22.5. The van der Waals surface area contributed by atoms with Gasteiger partial charge in [0.2, 0.25) is 0 Å². The van der Waals surface area contributed by atoms with Gasteiger partial charge in [-0.25, -0.2) is 0 Å². The normalized spacial score (nSPS) is 11.1. The van der Waals surface area contributed by atoms with Crippen molar-refractivity contribution in [2.24, 2.45) is 0 Å². The van der Waals surface area contributed by atoms with Crippen LogP contribution in [0.25, 0.3) is 51.2 Å². The zero-order valence-electron chi connectivity index (χ0n) is 37.7. The Morgan fingerprint density at radius 3 is 1.33 bits per heavy atom. The van der Waals surface area contributed by atoms with E-state index in [-0.39, 0.29) is 20.1 Å². The summed E-state index contributed by atoms with van der Waals surface area (Å²) in [5.74, 6) is 2.34. The second-order valence-corrected chi connectivity index (χ2v) is 16.9. The predicted octanol–water partition coefficient (Wildman–Crippen LogP) is 10.2. The number of nitrogens with zero attached hydrogens (tertiary/aromatic N) is 9. The predicted molar refractivity (Wildman–Crippen MR) is 257 cm³/mol. The van der Waals surface area contributed by atoms with Crippen molar-refractivity contribution in [1.29, 1.82) is 0 Å². The minimum absolute atomic E-state index is 0. The molecule has 10 rings (SSSR count). The molecule has 0 aliphatic carbocycles. The fraction of sp³-hybridized carbons (Fsp3) is 0.158. The maximum absolute atomic E-state index is 4.46. The molecule has 0 fully saturated rings. The molecule has 0 saturated heterocycles. The van der Waals surface area contributed by atoms with E-state index in [0.717, 1.165) is 106 Å². The van der Waals surface area contributed by atoms with Gasteiger partial charge in [0.15, 0.2) is 0 Å². The molecule has 3 heterocycles.